The summed E-state index contributed by atoms with van der Waals surface area (Å²) in [6.45, 7) is 9.29. The minimum absolute atomic E-state index is 0.235. The molecule has 0 radical (unpaired) electrons. The lowest BCUT2D eigenvalue weighted by Crippen LogP contribution is -1.97. The van der Waals surface area contributed by atoms with Crippen molar-refractivity contribution in [2.45, 2.75) is 27.7 Å². The Morgan fingerprint density at radius 1 is 1.13 bits per heavy atom. The lowest BCUT2D eigenvalue weighted by molar-refractivity contribution is 0.340. The maximum atomic E-state index is 5.38. The van der Waals surface area contributed by atoms with Gasteiger partial charge in [-0.2, -0.15) is 0 Å². The molecule has 1 rings (SSSR count). The van der Waals surface area contributed by atoms with Crippen LogP contribution in [0.25, 0.3) is 6.08 Å². The van der Waals surface area contributed by atoms with Crippen molar-refractivity contribution < 1.29 is 4.74 Å². The Labute approximate surface area is 92.8 Å². The van der Waals surface area contributed by atoms with Crippen molar-refractivity contribution in [3.05, 3.63) is 35.9 Å². The highest BCUT2D eigenvalue weighted by Crippen LogP contribution is 2.18. The Morgan fingerprint density at radius 2 is 1.73 bits per heavy atom. The molecule has 0 fully saturated rings. The maximum absolute atomic E-state index is 5.38. The lowest BCUT2D eigenvalue weighted by atomic mass is 9.95. The molecular weight excluding hydrogens is 184 g/mol. The van der Waals surface area contributed by atoms with Crippen molar-refractivity contribution in [1.82, 2.24) is 0 Å². The number of rotatable bonds is 3. The smallest absolute Gasteiger partial charge is 0.119 e. The first-order valence-corrected chi connectivity index (χ1v) is 5.43. The average Bonchev–Trinajstić information content (AvgIpc) is 2.16. The van der Waals surface area contributed by atoms with Crippen molar-refractivity contribution >= 4 is 6.08 Å². The molecule has 0 aliphatic rings. The summed E-state index contributed by atoms with van der Waals surface area (Å²) in [6, 6.07) is 8.16. The van der Waals surface area contributed by atoms with E-state index in [1.54, 1.807) is 0 Å². The van der Waals surface area contributed by atoms with Crippen LogP contribution in [0.4, 0.5) is 0 Å². The van der Waals surface area contributed by atoms with Gasteiger partial charge in [0.25, 0.3) is 0 Å². The lowest BCUT2D eigenvalue weighted by Gasteiger charge is -2.11. The van der Waals surface area contributed by atoms with Crippen LogP contribution in [0.15, 0.2) is 30.3 Å². The fraction of sp³-hybridized carbons (Fsp3) is 0.429. The van der Waals surface area contributed by atoms with E-state index in [-0.39, 0.29) is 5.41 Å². The molecule has 0 aliphatic carbocycles. The summed E-state index contributed by atoms with van der Waals surface area (Å²) < 4.78 is 5.38. The molecule has 15 heavy (non-hydrogen) atoms. The Morgan fingerprint density at radius 3 is 2.20 bits per heavy atom. The second-order valence-electron chi connectivity index (χ2n) is 4.70. The van der Waals surface area contributed by atoms with Crippen LogP contribution in [-0.4, -0.2) is 6.61 Å². The summed E-state index contributed by atoms with van der Waals surface area (Å²) in [5, 5.41) is 0. The van der Waals surface area contributed by atoms with Crippen LogP contribution in [0.3, 0.4) is 0 Å². The van der Waals surface area contributed by atoms with Gasteiger partial charge < -0.3 is 4.74 Å². The standard InChI is InChI=1S/C14H20O/c1-5-15-13-8-6-12(7-9-13)10-11-14(2,3)4/h6-11H,5H2,1-4H3/b11-10+. The highest BCUT2D eigenvalue weighted by molar-refractivity contribution is 5.51. The molecule has 0 amide bonds. The summed E-state index contributed by atoms with van der Waals surface area (Å²) in [7, 11) is 0. The molecule has 0 spiro atoms. The molecule has 82 valence electrons. The van der Waals surface area contributed by atoms with Gasteiger partial charge in [0.1, 0.15) is 5.75 Å². The first-order chi connectivity index (χ1) is 7.01. The van der Waals surface area contributed by atoms with Gasteiger partial charge in [-0.3, -0.25) is 0 Å². The third-order valence-corrected chi connectivity index (χ3v) is 1.97. The van der Waals surface area contributed by atoms with Crippen molar-refractivity contribution in [3.8, 4) is 5.75 Å². The Bertz CT molecular complexity index is 314. The van der Waals surface area contributed by atoms with Gasteiger partial charge in [-0.25, -0.2) is 0 Å². The molecular formula is C14H20O. The van der Waals surface area contributed by atoms with Crippen LogP contribution in [0.1, 0.15) is 33.3 Å². The molecule has 1 aromatic carbocycles. The number of hydrogen-bond donors (Lipinski definition) is 0. The summed E-state index contributed by atoms with van der Waals surface area (Å²) in [4.78, 5) is 0. The third kappa shape index (κ3) is 4.68. The molecule has 0 bridgehead atoms. The van der Waals surface area contributed by atoms with E-state index in [9.17, 15) is 0 Å². The molecule has 0 N–H and O–H groups in total. The monoisotopic (exact) mass is 204 g/mol. The molecule has 0 heterocycles. The predicted octanol–water partition coefficient (Wildman–Crippen LogP) is 4.14. The Balaban J connectivity index is 2.68. The number of ether oxygens (including phenoxy) is 1. The maximum Gasteiger partial charge on any atom is 0.119 e. The molecule has 0 atom stereocenters. The van der Waals surface area contributed by atoms with Gasteiger partial charge in [0.05, 0.1) is 6.61 Å². The number of allylic oxidation sites excluding steroid dienone is 1. The SMILES string of the molecule is CCOc1ccc(/C=C/C(C)(C)C)cc1. The summed E-state index contributed by atoms with van der Waals surface area (Å²) in [5.74, 6) is 0.936. The zero-order valence-electron chi connectivity index (χ0n) is 10.1. The molecule has 0 aliphatic heterocycles. The van der Waals surface area contributed by atoms with E-state index in [1.165, 1.54) is 5.56 Å². The first kappa shape index (κ1) is 11.8. The van der Waals surface area contributed by atoms with Crippen LogP contribution >= 0.6 is 0 Å². The van der Waals surface area contributed by atoms with E-state index >= 15 is 0 Å². The minimum atomic E-state index is 0.235. The van der Waals surface area contributed by atoms with Crippen molar-refractivity contribution in [3.63, 3.8) is 0 Å². The van der Waals surface area contributed by atoms with Gasteiger partial charge in [0.2, 0.25) is 0 Å². The number of benzene rings is 1. The Hall–Kier alpha value is -1.24. The van der Waals surface area contributed by atoms with E-state index < -0.39 is 0 Å². The summed E-state index contributed by atoms with van der Waals surface area (Å²) >= 11 is 0. The van der Waals surface area contributed by atoms with E-state index in [0.29, 0.717) is 0 Å². The zero-order chi connectivity index (χ0) is 11.3. The average molecular weight is 204 g/mol. The number of hydrogen-bond acceptors (Lipinski definition) is 1. The minimum Gasteiger partial charge on any atom is -0.494 e. The van der Waals surface area contributed by atoms with Crippen molar-refractivity contribution in [1.29, 1.82) is 0 Å². The van der Waals surface area contributed by atoms with Crippen molar-refractivity contribution in [2.24, 2.45) is 5.41 Å². The second kappa shape index (κ2) is 5.01. The topological polar surface area (TPSA) is 9.23 Å². The van der Waals surface area contributed by atoms with Crippen LogP contribution in [-0.2, 0) is 0 Å². The molecule has 1 nitrogen and oxygen atoms in total. The Kier molecular flexibility index (Phi) is 3.96. The molecule has 1 heteroatoms. The van der Waals surface area contributed by atoms with Gasteiger partial charge in [0, 0.05) is 0 Å². The van der Waals surface area contributed by atoms with Crippen molar-refractivity contribution in [2.75, 3.05) is 6.61 Å². The van der Waals surface area contributed by atoms with Crippen LogP contribution in [0.5, 0.6) is 5.75 Å². The quantitative estimate of drug-likeness (QED) is 0.719. The molecule has 0 aromatic heterocycles. The predicted molar refractivity (Wildman–Crippen MR) is 66.1 cm³/mol. The van der Waals surface area contributed by atoms with Gasteiger partial charge in [-0.1, -0.05) is 45.1 Å². The van der Waals surface area contributed by atoms with Gasteiger partial charge in [0.15, 0.2) is 0 Å². The van der Waals surface area contributed by atoms with E-state index in [0.717, 1.165) is 12.4 Å². The molecule has 0 saturated carbocycles. The highest BCUT2D eigenvalue weighted by Gasteiger charge is 2.03. The fourth-order valence-corrected chi connectivity index (χ4v) is 1.19. The zero-order valence-corrected chi connectivity index (χ0v) is 10.1. The van der Waals surface area contributed by atoms with Gasteiger partial charge in [-0.15, -0.1) is 0 Å². The third-order valence-electron chi connectivity index (χ3n) is 1.97. The van der Waals surface area contributed by atoms with Crippen LogP contribution in [0.2, 0.25) is 0 Å². The summed E-state index contributed by atoms with van der Waals surface area (Å²) in [6.07, 6.45) is 4.36. The highest BCUT2D eigenvalue weighted by atomic mass is 16.5. The molecule has 1 aromatic rings. The normalized spacial score (nSPS) is 12.0. The van der Waals surface area contributed by atoms with E-state index in [4.69, 9.17) is 4.74 Å². The molecule has 0 unspecified atom stereocenters. The summed E-state index contributed by atoms with van der Waals surface area (Å²) in [5.41, 5.74) is 1.45. The van der Waals surface area contributed by atoms with Crippen LogP contribution < -0.4 is 4.74 Å². The molecule has 0 saturated heterocycles. The van der Waals surface area contributed by atoms with E-state index in [1.807, 2.05) is 19.1 Å². The largest absolute Gasteiger partial charge is 0.494 e. The fourth-order valence-electron chi connectivity index (χ4n) is 1.19. The first-order valence-electron chi connectivity index (χ1n) is 5.43. The van der Waals surface area contributed by atoms with Crippen LogP contribution in [0, 0.1) is 5.41 Å². The van der Waals surface area contributed by atoms with Gasteiger partial charge >= 0.3 is 0 Å². The van der Waals surface area contributed by atoms with E-state index in [2.05, 4.69) is 45.1 Å². The van der Waals surface area contributed by atoms with Gasteiger partial charge in [-0.05, 0) is 30.0 Å². The second-order valence-corrected chi connectivity index (χ2v) is 4.70.